The van der Waals surface area contributed by atoms with Crippen molar-refractivity contribution in [1.29, 1.82) is 0 Å². The summed E-state index contributed by atoms with van der Waals surface area (Å²) in [6, 6.07) is 4.99. The number of halogens is 1. The van der Waals surface area contributed by atoms with E-state index in [0.29, 0.717) is 10.8 Å². The molecule has 94 valence electrons. The summed E-state index contributed by atoms with van der Waals surface area (Å²) in [4.78, 5) is 12.9. The predicted molar refractivity (Wildman–Crippen MR) is 68.2 cm³/mol. The third-order valence-corrected chi connectivity index (χ3v) is 2.55. The minimum Gasteiger partial charge on any atom is -0.483 e. The van der Waals surface area contributed by atoms with E-state index < -0.39 is 0 Å². The minimum absolute atomic E-state index is 0.00560. The molecule has 1 rings (SSSR count). The van der Waals surface area contributed by atoms with Crippen LogP contribution in [0.5, 0.6) is 5.75 Å². The van der Waals surface area contributed by atoms with Gasteiger partial charge in [0.2, 0.25) is 0 Å². The van der Waals surface area contributed by atoms with Gasteiger partial charge in [0.1, 0.15) is 5.75 Å². The number of carbonyl (C=O) groups excluding carboxylic acids is 1. The molecule has 1 aromatic rings. The van der Waals surface area contributed by atoms with Gasteiger partial charge in [-0.3, -0.25) is 4.79 Å². The molecule has 0 aliphatic heterocycles. The summed E-state index contributed by atoms with van der Waals surface area (Å²) in [6.07, 6.45) is 0. The van der Waals surface area contributed by atoms with Gasteiger partial charge in [-0.1, -0.05) is 11.6 Å². The number of nitrogens with two attached hydrogens (primary N) is 1. The highest BCUT2D eigenvalue weighted by Gasteiger charge is 2.11. The first-order chi connectivity index (χ1) is 7.91. The Morgan fingerprint density at radius 3 is 2.71 bits per heavy atom. The lowest BCUT2D eigenvalue weighted by atomic mass is 10.1. The van der Waals surface area contributed by atoms with E-state index in [1.807, 2.05) is 6.92 Å². The van der Waals surface area contributed by atoms with E-state index in [1.54, 1.807) is 32.3 Å². The largest absolute Gasteiger partial charge is 0.483 e. The maximum Gasteiger partial charge on any atom is 0.259 e. The van der Waals surface area contributed by atoms with E-state index in [-0.39, 0.29) is 18.6 Å². The van der Waals surface area contributed by atoms with E-state index in [0.717, 1.165) is 5.56 Å². The zero-order valence-corrected chi connectivity index (χ0v) is 11.0. The summed E-state index contributed by atoms with van der Waals surface area (Å²) >= 11 is 5.89. The Bertz CT molecular complexity index is 405. The van der Waals surface area contributed by atoms with Crippen LogP contribution in [0.4, 0.5) is 0 Å². The van der Waals surface area contributed by atoms with Crippen LogP contribution in [0.25, 0.3) is 0 Å². The number of benzene rings is 1. The summed E-state index contributed by atoms with van der Waals surface area (Å²) in [7, 11) is 3.36. The molecular weight excluding hydrogens is 240 g/mol. The van der Waals surface area contributed by atoms with Crippen LogP contribution in [-0.2, 0) is 4.79 Å². The van der Waals surface area contributed by atoms with E-state index in [9.17, 15) is 4.79 Å². The van der Waals surface area contributed by atoms with E-state index >= 15 is 0 Å². The van der Waals surface area contributed by atoms with E-state index in [1.165, 1.54) is 4.90 Å². The van der Waals surface area contributed by atoms with Crippen LogP contribution < -0.4 is 10.5 Å². The van der Waals surface area contributed by atoms with E-state index in [2.05, 4.69) is 0 Å². The second-order valence-electron chi connectivity index (χ2n) is 4.05. The van der Waals surface area contributed by atoms with Gasteiger partial charge in [0, 0.05) is 30.7 Å². The molecule has 0 radical (unpaired) electrons. The molecule has 4 nitrogen and oxygen atoms in total. The highest BCUT2D eigenvalue weighted by molar-refractivity contribution is 6.30. The second kappa shape index (κ2) is 5.89. The third kappa shape index (κ3) is 3.91. The number of likely N-dealkylation sites (N-methyl/N-ethyl adjacent to an activating group) is 1. The minimum atomic E-state index is -0.196. The first kappa shape index (κ1) is 13.8. The Hall–Kier alpha value is -1.26. The van der Waals surface area contributed by atoms with E-state index in [4.69, 9.17) is 22.1 Å². The fourth-order valence-electron chi connectivity index (χ4n) is 1.28. The Morgan fingerprint density at radius 1 is 1.53 bits per heavy atom. The highest BCUT2D eigenvalue weighted by Crippen LogP contribution is 2.27. The van der Waals surface area contributed by atoms with Gasteiger partial charge in [-0.2, -0.15) is 0 Å². The molecule has 1 unspecified atom stereocenters. The zero-order valence-electron chi connectivity index (χ0n) is 10.2. The van der Waals surface area contributed by atoms with Gasteiger partial charge < -0.3 is 15.4 Å². The molecule has 5 heteroatoms. The van der Waals surface area contributed by atoms with Crippen LogP contribution >= 0.6 is 11.6 Å². The average Bonchev–Trinajstić information content (AvgIpc) is 2.26. The molecule has 0 aliphatic rings. The molecule has 0 aliphatic carbocycles. The number of rotatable bonds is 4. The summed E-state index contributed by atoms with van der Waals surface area (Å²) in [5.74, 6) is 0.496. The fourth-order valence-corrected chi connectivity index (χ4v) is 1.46. The van der Waals surface area contributed by atoms with Crippen molar-refractivity contribution in [3.8, 4) is 5.75 Å². The van der Waals surface area contributed by atoms with Gasteiger partial charge in [-0.25, -0.2) is 0 Å². The molecule has 2 N–H and O–H groups in total. The normalized spacial score (nSPS) is 12.1. The lowest BCUT2D eigenvalue weighted by molar-refractivity contribution is -0.130. The number of hydrogen-bond donors (Lipinski definition) is 1. The Labute approximate surface area is 106 Å². The number of hydrogen-bond acceptors (Lipinski definition) is 3. The third-order valence-electron chi connectivity index (χ3n) is 2.31. The van der Waals surface area contributed by atoms with Gasteiger partial charge >= 0.3 is 0 Å². The molecule has 1 amide bonds. The van der Waals surface area contributed by atoms with Crippen LogP contribution in [0.2, 0.25) is 5.02 Å². The monoisotopic (exact) mass is 256 g/mol. The Kier molecular flexibility index (Phi) is 4.78. The summed E-state index contributed by atoms with van der Waals surface area (Å²) < 4.78 is 5.45. The SMILES string of the molecule is CC(N)c1cc(Cl)ccc1OCC(=O)N(C)C. The lowest BCUT2D eigenvalue weighted by Crippen LogP contribution is -2.27. The molecule has 1 atom stereocenters. The quantitative estimate of drug-likeness (QED) is 0.894. The summed E-state index contributed by atoms with van der Waals surface area (Å²) in [6.45, 7) is 1.83. The Balaban J connectivity index is 2.80. The Morgan fingerprint density at radius 2 is 2.18 bits per heavy atom. The molecule has 0 heterocycles. The van der Waals surface area contributed by atoms with Gasteiger partial charge in [0.05, 0.1) is 0 Å². The summed E-state index contributed by atoms with van der Waals surface area (Å²) in [5.41, 5.74) is 6.61. The van der Waals surface area contributed by atoms with Crippen LogP contribution in [-0.4, -0.2) is 31.5 Å². The first-order valence-electron chi connectivity index (χ1n) is 5.29. The smallest absolute Gasteiger partial charge is 0.259 e. The number of ether oxygens (including phenoxy) is 1. The molecule has 0 fully saturated rings. The maximum absolute atomic E-state index is 11.4. The van der Waals surface area contributed by atoms with Crippen LogP contribution in [0.1, 0.15) is 18.5 Å². The van der Waals surface area contributed by atoms with Gasteiger partial charge in [-0.15, -0.1) is 0 Å². The number of amides is 1. The van der Waals surface area contributed by atoms with Gasteiger partial charge in [-0.05, 0) is 25.1 Å². The fraction of sp³-hybridized carbons (Fsp3) is 0.417. The van der Waals surface area contributed by atoms with Crippen molar-refractivity contribution in [1.82, 2.24) is 4.90 Å². The van der Waals surface area contributed by atoms with Crippen molar-refractivity contribution < 1.29 is 9.53 Å². The molecule has 0 saturated carbocycles. The molecule has 0 spiro atoms. The van der Waals surface area contributed by atoms with Gasteiger partial charge in [0.25, 0.3) is 5.91 Å². The highest BCUT2D eigenvalue weighted by atomic mass is 35.5. The van der Waals surface area contributed by atoms with Crippen LogP contribution in [0.3, 0.4) is 0 Å². The van der Waals surface area contributed by atoms with Crippen molar-refractivity contribution in [2.45, 2.75) is 13.0 Å². The second-order valence-corrected chi connectivity index (χ2v) is 4.48. The van der Waals surface area contributed by atoms with Gasteiger partial charge in [0.15, 0.2) is 6.61 Å². The number of carbonyl (C=O) groups is 1. The predicted octanol–water partition coefficient (Wildman–Crippen LogP) is 1.83. The average molecular weight is 257 g/mol. The standard InChI is InChI=1S/C12H17ClN2O2/c1-8(14)10-6-9(13)4-5-11(10)17-7-12(16)15(2)3/h4-6,8H,7,14H2,1-3H3. The molecule has 0 saturated heterocycles. The van der Waals surface area contributed by atoms with Crippen molar-refractivity contribution in [3.63, 3.8) is 0 Å². The molecular formula is C12H17ClN2O2. The molecule has 1 aromatic carbocycles. The molecule has 0 aromatic heterocycles. The number of nitrogens with zero attached hydrogens (tertiary/aromatic N) is 1. The van der Waals surface area contributed by atoms with Crippen molar-refractivity contribution in [2.24, 2.45) is 5.73 Å². The van der Waals surface area contributed by atoms with Crippen LogP contribution in [0, 0.1) is 0 Å². The van der Waals surface area contributed by atoms with Crippen molar-refractivity contribution in [3.05, 3.63) is 28.8 Å². The summed E-state index contributed by atoms with van der Waals surface area (Å²) in [5, 5.41) is 0.601. The molecule has 0 bridgehead atoms. The zero-order chi connectivity index (χ0) is 13.0. The lowest BCUT2D eigenvalue weighted by Gasteiger charge is -2.15. The van der Waals surface area contributed by atoms with Crippen molar-refractivity contribution >= 4 is 17.5 Å². The van der Waals surface area contributed by atoms with Crippen LogP contribution in [0.15, 0.2) is 18.2 Å². The maximum atomic E-state index is 11.4. The topological polar surface area (TPSA) is 55.6 Å². The first-order valence-corrected chi connectivity index (χ1v) is 5.67. The van der Waals surface area contributed by atoms with Crippen molar-refractivity contribution in [2.75, 3.05) is 20.7 Å². The molecule has 17 heavy (non-hydrogen) atoms.